The van der Waals surface area contributed by atoms with Gasteiger partial charge in [0.2, 0.25) is 0 Å². The van der Waals surface area contributed by atoms with Gasteiger partial charge in [-0.2, -0.15) is 5.10 Å². The van der Waals surface area contributed by atoms with Crippen LogP contribution in [0.15, 0.2) is 17.8 Å². The zero-order chi connectivity index (χ0) is 10.8. The lowest BCUT2D eigenvalue weighted by molar-refractivity contribution is 0.114. The number of hydrogen-bond donors (Lipinski definition) is 2. The monoisotopic (exact) mass is 198 g/mol. The Kier molecular flexibility index (Phi) is 2.85. The van der Waals surface area contributed by atoms with E-state index in [2.05, 4.69) is 15.2 Å². The fraction of sp³-hybridized carbons (Fsp3) is 0.625. The Morgan fingerprint density at radius 3 is 2.50 bits per heavy atom. The number of aliphatic hydroxyl groups is 1. The molecule has 6 nitrogen and oxygen atoms in total. The third-order valence-corrected chi connectivity index (χ3v) is 1.82. The normalized spacial score (nSPS) is 15.6. The second-order valence-corrected chi connectivity index (χ2v) is 4.07. The Hall–Kier alpha value is -1.43. The molecule has 6 heteroatoms. The summed E-state index contributed by atoms with van der Waals surface area (Å²) >= 11 is 0. The number of nitrogens with zero attached hydrogens (tertiary/aromatic N) is 4. The summed E-state index contributed by atoms with van der Waals surface area (Å²) in [6.07, 6.45) is 1.76. The van der Waals surface area contributed by atoms with Crippen LogP contribution < -0.4 is 0 Å². The maximum atomic E-state index is 9.84. The molecule has 0 spiro atoms. The van der Waals surface area contributed by atoms with Crippen molar-refractivity contribution in [3.63, 3.8) is 0 Å². The zero-order valence-corrected chi connectivity index (χ0v) is 8.42. The summed E-state index contributed by atoms with van der Waals surface area (Å²) in [6, 6.07) is 0. The molecular weight excluding hydrogens is 184 g/mol. The first-order chi connectivity index (χ1) is 6.46. The van der Waals surface area contributed by atoms with Crippen molar-refractivity contribution in [2.75, 3.05) is 0 Å². The topological polar surface area (TPSA) is 83.5 Å². The van der Waals surface area contributed by atoms with Crippen LogP contribution in [-0.2, 0) is 0 Å². The summed E-state index contributed by atoms with van der Waals surface area (Å²) in [5.74, 6) is 0.0648. The van der Waals surface area contributed by atoms with Crippen molar-refractivity contribution in [2.24, 2.45) is 10.6 Å². The van der Waals surface area contributed by atoms with E-state index in [1.807, 2.05) is 20.8 Å². The maximum Gasteiger partial charge on any atom is 0.199 e. The van der Waals surface area contributed by atoms with Crippen molar-refractivity contribution in [1.82, 2.24) is 14.8 Å². The molecule has 1 aromatic rings. The maximum absolute atomic E-state index is 9.84. The smallest absolute Gasteiger partial charge is 0.199 e. The molecule has 0 fully saturated rings. The molecule has 0 aliphatic heterocycles. The first-order valence-corrected chi connectivity index (χ1v) is 4.22. The van der Waals surface area contributed by atoms with Gasteiger partial charge in [0, 0.05) is 0 Å². The molecule has 0 aromatic carbocycles. The van der Waals surface area contributed by atoms with E-state index in [1.165, 1.54) is 17.3 Å². The lowest BCUT2D eigenvalue weighted by Crippen LogP contribution is -2.38. The van der Waals surface area contributed by atoms with Crippen LogP contribution in [0.1, 0.15) is 20.8 Å². The van der Waals surface area contributed by atoms with Gasteiger partial charge in [-0.25, -0.2) is 9.67 Å². The molecule has 1 rings (SSSR count). The van der Waals surface area contributed by atoms with Gasteiger partial charge in [-0.1, -0.05) is 25.9 Å². The highest BCUT2D eigenvalue weighted by Crippen LogP contribution is 2.20. The van der Waals surface area contributed by atoms with E-state index in [1.54, 1.807) is 0 Å². The van der Waals surface area contributed by atoms with Gasteiger partial charge < -0.3 is 10.3 Å². The molecule has 0 bridgehead atoms. The summed E-state index contributed by atoms with van der Waals surface area (Å²) in [4.78, 5) is 3.70. The van der Waals surface area contributed by atoms with E-state index in [-0.39, 0.29) is 5.84 Å². The molecule has 2 N–H and O–H groups in total. The first kappa shape index (κ1) is 10.6. The number of aliphatic hydroxyl groups excluding tert-OH is 1. The molecule has 0 aliphatic carbocycles. The lowest BCUT2D eigenvalue weighted by Gasteiger charge is -2.25. The fourth-order valence-corrected chi connectivity index (χ4v) is 0.940. The average Bonchev–Trinajstić information content (AvgIpc) is 2.57. The molecule has 14 heavy (non-hydrogen) atoms. The molecular formula is C8H14N4O2. The largest absolute Gasteiger partial charge is 0.409 e. The Bertz CT molecular complexity index is 313. The molecule has 0 radical (unpaired) electrons. The third kappa shape index (κ3) is 2.08. The minimum atomic E-state index is -0.908. The van der Waals surface area contributed by atoms with E-state index < -0.39 is 11.5 Å². The van der Waals surface area contributed by atoms with Crippen molar-refractivity contribution < 1.29 is 10.3 Å². The van der Waals surface area contributed by atoms with Gasteiger partial charge in [-0.3, -0.25) is 0 Å². The quantitative estimate of drug-likeness (QED) is 0.294. The molecule has 0 saturated heterocycles. The minimum absolute atomic E-state index is 0.0648. The van der Waals surface area contributed by atoms with E-state index in [4.69, 9.17) is 5.21 Å². The van der Waals surface area contributed by atoms with Crippen LogP contribution in [0, 0.1) is 5.41 Å². The van der Waals surface area contributed by atoms with Crippen LogP contribution in [0.3, 0.4) is 0 Å². The molecule has 0 saturated carbocycles. The average molecular weight is 198 g/mol. The van der Waals surface area contributed by atoms with Crippen LogP contribution in [0.5, 0.6) is 0 Å². The molecule has 1 unspecified atom stereocenters. The fourth-order valence-electron chi connectivity index (χ4n) is 0.940. The third-order valence-electron chi connectivity index (χ3n) is 1.82. The second kappa shape index (κ2) is 3.75. The van der Waals surface area contributed by atoms with Gasteiger partial charge in [0.15, 0.2) is 5.84 Å². The Morgan fingerprint density at radius 2 is 2.14 bits per heavy atom. The Balaban J connectivity index is 2.96. The van der Waals surface area contributed by atoms with Gasteiger partial charge in [0.25, 0.3) is 0 Å². The van der Waals surface area contributed by atoms with Crippen LogP contribution in [0.25, 0.3) is 0 Å². The van der Waals surface area contributed by atoms with Gasteiger partial charge >= 0.3 is 0 Å². The molecule has 0 aliphatic rings. The van der Waals surface area contributed by atoms with E-state index in [9.17, 15) is 5.11 Å². The number of oxime groups is 1. The van der Waals surface area contributed by atoms with E-state index in [0.717, 1.165) is 0 Å². The summed E-state index contributed by atoms with van der Waals surface area (Å²) in [6.45, 7) is 5.50. The second-order valence-electron chi connectivity index (χ2n) is 4.07. The highest BCUT2D eigenvalue weighted by atomic mass is 16.4. The van der Waals surface area contributed by atoms with Crippen LogP contribution in [-0.4, -0.2) is 37.0 Å². The number of hydrogen-bond acceptors (Lipinski definition) is 5. The standard InChI is InChI=1S/C8H14N4O2/c1-8(2,3)6(13)7(11-14)12-5-9-4-10-12/h4-6,13-14H,1-3H3/b11-7-. The highest BCUT2D eigenvalue weighted by Gasteiger charge is 2.29. The van der Waals surface area contributed by atoms with Crippen molar-refractivity contribution in [3.05, 3.63) is 12.7 Å². The summed E-state index contributed by atoms with van der Waals surface area (Å²) in [5.41, 5.74) is -0.423. The van der Waals surface area contributed by atoms with Crippen LogP contribution >= 0.6 is 0 Å². The van der Waals surface area contributed by atoms with Gasteiger partial charge in [0.1, 0.15) is 18.8 Å². The van der Waals surface area contributed by atoms with Crippen molar-refractivity contribution in [3.8, 4) is 0 Å². The van der Waals surface area contributed by atoms with Crippen molar-refractivity contribution >= 4 is 5.84 Å². The predicted molar refractivity (Wildman–Crippen MR) is 50.1 cm³/mol. The lowest BCUT2D eigenvalue weighted by atomic mass is 9.88. The Labute approximate surface area is 81.9 Å². The van der Waals surface area contributed by atoms with E-state index in [0.29, 0.717) is 0 Å². The minimum Gasteiger partial charge on any atom is -0.409 e. The highest BCUT2D eigenvalue weighted by molar-refractivity contribution is 5.87. The summed E-state index contributed by atoms with van der Waals surface area (Å²) in [5, 5.41) is 25.4. The number of aromatic nitrogens is 3. The van der Waals surface area contributed by atoms with Crippen LogP contribution in [0.2, 0.25) is 0 Å². The SMILES string of the molecule is CC(C)(C)C(O)/C(=N/O)n1cncn1. The van der Waals surface area contributed by atoms with Gasteiger partial charge in [-0.15, -0.1) is 0 Å². The molecule has 78 valence electrons. The molecule has 0 amide bonds. The first-order valence-electron chi connectivity index (χ1n) is 4.22. The molecule has 1 heterocycles. The van der Waals surface area contributed by atoms with E-state index >= 15 is 0 Å². The van der Waals surface area contributed by atoms with Gasteiger partial charge in [-0.05, 0) is 5.41 Å². The predicted octanol–water partition coefficient (Wildman–Crippen LogP) is 0.321. The number of rotatable bonds is 1. The summed E-state index contributed by atoms with van der Waals surface area (Å²) < 4.78 is 1.23. The van der Waals surface area contributed by atoms with Crippen molar-refractivity contribution in [2.45, 2.75) is 26.9 Å². The van der Waals surface area contributed by atoms with Crippen LogP contribution in [0.4, 0.5) is 0 Å². The summed E-state index contributed by atoms with van der Waals surface area (Å²) in [7, 11) is 0. The van der Waals surface area contributed by atoms with Gasteiger partial charge in [0.05, 0.1) is 0 Å². The molecule has 1 aromatic heterocycles. The Morgan fingerprint density at radius 1 is 1.50 bits per heavy atom. The zero-order valence-electron chi connectivity index (χ0n) is 8.42. The molecule has 1 atom stereocenters. The van der Waals surface area contributed by atoms with Crippen molar-refractivity contribution in [1.29, 1.82) is 0 Å².